The third-order valence-corrected chi connectivity index (χ3v) is 4.48. The second kappa shape index (κ2) is 7.59. The Labute approximate surface area is 121 Å². The van der Waals surface area contributed by atoms with E-state index in [9.17, 15) is 0 Å². The maximum absolute atomic E-state index is 5.02. The summed E-state index contributed by atoms with van der Waals surface area (Å²) < 4.78 is 6.01. The van der Waals surface area contributed by atoms with Crippen molar-refractivity contribution < 1.29 is 4.74 Å². The molecule has 4 nitrogen and oxygen atoms in total. The van der Waals surface area contributed by atoms with Gasteiger partial charge in [-0.25, -0.2) is 0 Å². The van der Waals surface area contributed by atoms with Crippen molar-refractivity contribution in [2.24, 2.45) is 0 Å². The van der Waals surface area contributed by atoms with Crippen LogP contribution in [0.5, 0.6) is 0 Å². The average Bonchev–Trinajstić information content (AvgIpc) is 2.82. The number of nitrogens with one attached hydrogen (secondary N) is 1. The smallest absolute Gasteiger partial charge is 0.179 e. The number of benzene rings is 1. The van der Waals surface area contributed by atoms with E-state index < -0.39 is 0 Å². The van der Waals surface area contributed by atoms with Gasteiger partial charge in [-0.1, -0.05) is 41.3 Å². The molecule has 0 amide bonds. The first-order valence-electron chi connectivity index (χ1n) is 6.05. The fourth-order valence-electron chi connectivity index (χ4n) is 1.56. The van der Waals surface area contributed by atoms with Crippen LogP contribution >= 0.6 is 23.1 Å². The van der Waals surface area contributed by atoms with Gasteiger partial charge in [-0.15, -0.1) is 10.2 Å². The molecule has 0 atom stereocenters. The first-order chi connectivity index (χ1) is 9.29. The van der Waals surface area contributed by atoms with Crippen LogP contribution in [0.2, 0.25) is 0 Å². The molecule has 19 heavy (non-hydrogen) atoms. The quantitative estimate of drug-likeness (QED) is 0.796. The van der Waals surface area contributed by atoms with Gasteiger partial charge in [0.1, 0.15) is 5.01 Å². The molecule has 1 N–H and O–H groups in total. The van der Waals surface area contributed by atoms with E-state index in [0.717, 1.165) is 29.0 Å². The summed E-state index contributed by atoms with van der Waals surface area (Å²) in [6.45, 7) is 4.39. The number of hydrogen-bond donors (Lipinski definition) is 1. The SMILES string of the molecule is COCCNCc1ccccc1Sc1nnc(C)s1. The maximum atomic E-state index is 5.02. The van der Waals surface area contributed by atoms with Crippen molar-refractivity contribution in [1.82, 2.24) is 15.5 Å². The molecule has 0 aliphatic heterocycles. The Bertz CT molecular complexity index is 516. The predicted octanol–water partition coefficient (Wildman–Crippen LogP) is 2.73. The average molecular weight is 295 g/mol. The second-order valence-corrected chi connectivity index (χ2v) is 6.44. The van der Waals surface area contributed by atoms with E-state index >= 15 is 0 Å². The van der Waals surface area contributed by atoms with E-state index in [0.29, 0.717) is 0 Å². The monoisotopic (exact) mass is 295 g/mol. The lowest BCUT2D eigenvalue weighted by Crippen LogP contribution is -2.18. The lowest BCUT2D eigenvalue weighted by Gasteiger charge is -2.08. The summed E-state index contributed by atoms with van der Waals surface area (Å²) in [5.41, 5.74) is 1.27. The molecule has 1 aromatic carbocycles. The minimum atomic E-state index is 0.727. The van der Waals surface area contributed by atoms with E-state index in [1.54, 1.807) is 30.2 Å². The Hall–Kier alpha value is -0.950. The lowest BCUT2D eigenvalue weighted by molar-refractivity contribution is 0.199. The zero-order chi connectivity index (χ0) is 13.5. The van der Waals surface area contributed by atoms with Crippen molar-refractivity contribution in [2.45, 2.75) is 22.7 Å². The van der Waals surface area contributed by atoms with Gasteiger partial charge in [0.05, 0.1) is 6.61 Å². The van der Waals surface area contributed by atoms with Gasteiger partial charge in [-0.2, -0.15) is 0 Å². The third kappa shape index (κ3) is 4.58. The van der Waals surface area contributed by atoms with Crippen LogP contribution in [0.1, 0.15) is 10.6 Å². The molecule has 0 aliphatic rings. The molecular formula is C13H17N3OS2. The Morgan fingerprint density at radius 3 is 2.89 bits per heavy atom. The van der Waals surface area contributed by atoms with Crippen LogP contribution in [0.15, 0.2) is 33.5 Å². The number of nitrogens with zero attached hydrogens (tertiary/aromatic N) is 2. The fraction of sp³-hybridized carbons (Fsp3) is 0.385. The summed E-state index contributed by atoms with van der Waals surface area (Å²) in [6.07, 6.45) is 0. The summed E-state index contributed by atoms with van der Waals surface area (Å²) >= 11 is 3.30. The number of aromatic nitrogens is 2. The number of hydrogen-bond acceptors (Lipinski definition) is 6. The fourth-order valence-corrected chi connectivity index (χ4v) is 3.46. The van der Waals surface area contributed by atoms with E-state index in [2.05, 4.69) is 39.8 Å². The Kier molecular flexibility index (Phi) is 5.78. The van der Waals surface area contributed by atoms with Gasteiger partial charge in [-0.05, 0) is 18.6 Å². The van der Waals surface area contributed by atoms with Gasteiger partial charge in [0, 0.05) is 25.1 Å². The van der Waals surface area contributed by atoms with Crippen molar-refractivity contribution in [2.75, 3.05) is 20.3 Å². The summed E-state index contributed by atoms with van der Waals surface area (Å²) in [5.74, 6) is 0. The van der Waals surface area contributed by atoms with Gasteiger partial charge >= 0.3 is 0 Å². The van der Waals surface area contributed by atoms with Gasteiger partial charge in [-0.3, -0.25) is 0 Å². The molecule has 0 bridgehead atoms. The minimum absolute atomic E-state index is 0.727. The van der Waals surface area contributed by atoms with Crippen LogP contribution in [0.3, 0.4) is 0 Å². The number of ether oxygens (including phenoxy) is 1. The molecular weight excluding hydrogens is 278 g/mol. The Balaban J connectivity index is 1.99. The van der Waals surface area contributed by atoms with Crippen molar-refractivity contribution in [3.8, 4) is 0 Å². The molecule has 1 aromatic heterocycles. The largest absolute Gasteiger partial charge is 0.383 e. The molecule has 2 rings (SSSR count). The van der Waals surface area contributed by atoms with Crippen LogP contribution in [0, 0.1) is 6.92 Å². The summed E-state index contributed by atoms with van der Waals surface area (Å²) in [6, 6.07) is 8.36. The normalized spacial score (nSPS) is 10.8. The Morgan fingerprint density at radius 2 is 2.16 bits per heavy atom. The summed E-state index contributed by atoms with van der Waals surface area (Å²) in [5, 5.41) is 12.6. The highest BCUT2D eigenvalue weighted by atomic mass is 32.2. The highest BCUT2D eigenvalue weighted by molar-refractivity contribution is 8.01. The van der Waals surface area contributed by atoms with Gasteiger partial charge < -0.3 is 10.1 Å². The molecule has 1 heterocycles. The molecule has 0 saturated heterocycles. The molecule has 0 radical (unpaired) electrons. The third-order valence-electron chi connectivity index (χ3n) is 2.48. The molecule has 2 aromatic rings. The molecule has 0 fully saturated rings. The predicted molar refractivity (Wildman–Crippen MR) is 78.8 cm³/mol. The maximum Gasteiger partial charge on any atom is 0.179 e. The van der Waals surface area contributed by atoms with Crippen LogP contribution in [-0.4, -0.2) is 30.5 Å². The van der Waals surface area contributed by atoms with E-state index in [4.69, 9.17) is 4.74 Å². The number of rotatable bonds is 7. The van der Waals surface area contributed by atoms with E-state index in [1.807, 2.05) is 6.92 Å². The topological polar surface area (TPSA) is 47.0 Å². The van der Waals surface area contributed by atoms with Crippen molar-refractivity contribution in [3.63, 3.8) is 0 Å². The minimum Gasteiger partial charge on any atom is -0.383 e. The highest BCUT2D eigenvalue weighted by Gasteiger charge is 2.07. The van der Waals surface area contributed by atoms with E-state index in [1.165, 1.54) is 10.5 Å². The first kappa shape index (κ1) is 14.5. The zero-order valence-electron chi connectivity index (χ0n) is 11.0. The first-order valence-corrected chi connectivity index (χ1v) is 7.68. The molecule has 102 valence electrons. The standard InChI is InChI=1S/C13H17N3OS2/c1-10-15-16-13(18-10)19-12-6-4-3-5-11(12)9-14-7-8-17-2/h3-6,14H,7-9H2,1-2H3. The second-order valence-electron chi connectivity index (χ2n) is 3.97. The van der Waals surface area contributed by atoms with Crippen molar-refractivity contribution in [3.05, 3.63) is 34.8 Å². The molecule has 0 unspecified atom stereocenters. The molecule has 0 saturated carbocycles. The Morgan fingerprint density at radius 1 is 1.32 bits per heavy atom. The van der Waals surface area contributed by atoms with Crippen LogP contribution in [0.25, 0.3) is 0 Å². The number of methoxy groups -OCH3 is 1. The van der Waals surface area contributed by atoms with Crippen molar-refractivity contribution >= 4 is 23.1 Å². The lowest BCUT2D eigenvalue weighted by atomic mass is 10.2. The number of aryl methyl sites for hydroxylation is 1. The van der Waals surface area contributed by atoms with Gasteiger partial charge in [0.15, 0.2) is 4.34 Å². The molecule has 6 heteroatoms. The highest BCUT2D eigenvalue weighted by Crippen LogP contribution is 2.32. The van der Waals surface area contributed by atoms with E-state index in [-0.39, 0.29) is 0 Å². The van der Waals surface area contributed by atoms with Crippen LogP contribution in [-0.2, 0) is 11.3 Å². The molecule has 0 aliphatic carbocycles. The summed E-state index contributed by atoms with van der Waals surface area (Å²) in [7, 11) is 1.71. The van der Waals surface area contributed by atoms with Crippen molar-refractivity contribution in [1.29, 1.82) is 0 Å². The zero-order valence-corrected chi connectivity index (χ0v) is 12.7. The van der Waals surface area contributed by atoms with Gasteiger partial charge in [0.2, 0.25) is 0 Å². The molecule has 0 spiro atoms. The summed E-state index contributed by atoms with van der Waals surface area (Å²) in [4.78, 5) is 1.23. The van der Waals surface area contributed by atoms with Crippen LogP contribution in [0.4, 0.5) is 0 Å². The van der Waals surface area contributed by atoms with Gasteiger partial charge in [0.25, 0.3) is 0 Å². The van der Waals surface area contributed by atoms with Crippen LogP contribution < -0.4 is 5.32 Å².